The van der Waals surface area contributed by atoms with E-state index in [9.17, 15) is 14.9 Å². The van der Waals surface area contributed by atoms with Crippen molar-refractivity contribution in [2.24, 2.45) is 0 Å². The topological polar surface area (TPSA) is 118 Å². The standard InChI is InChI=1S/C18H15N3O6/c1-11-3-8-15(25-2)14(9-11)18(22)26-10-16-19-17(20-27-16)12-4-6-13(7-5-12)21(23)24/h3-9H,10H2,1-2H3. The van der Waals surface area contributed by atoms with E-state index in [1.807, 2.05) is 13.0 Å². The molecule has 0 radical (unpaired) electrons. The summed E-state index contributed by atoms with van der Waals surface area (Å²) < 4.78 is 15.4. The van der Waals surface area contributed by atoms with Crippen LogP contribution in [0.2, 0.25) is 0 Å². The second-order valence-corrected chi connectivity index (χ2v) is 5.60. The molecule has 0 aliphatic rings. The van der Waals surface area contributed by atoms with E-state index in [4.69, 9.17) is 14.0 Å². The van der Waals surface area contributed by atoms with Gasteiger partial charge in [-0.15, -0.1) is 0 Å². The Kier molecular flexibility index (Phi) is 5.11. The van der Waals surface area contributed by atoms with E-state index in [2.05, 4.69) is 10.1 Å². The summed E-state index contributed by atoms with van der Waals surface area (Å²) in [6.07, 6.45) is 0. The zero-order chi connectivity index (χ0) is 19.4. The molecule has 0 bridgehead atoms. The molecule has 0 spiro atoms. The fraction of sp³-hybridized carbons (Fsp3) is 0.167. The van der Waals surface area contributed by atoms with Crippen LogP contribution in [0.3, 0.4) is 0 Å². The van der Waals surface area contributed by atoms with Gasteiger partial charge in [-0.05, 0) is 31.2 Å². The molecule has 138 valence electrons. The van der Waals surface area contributed by atoms with Crippen LogP contribution in [0.15, 0.2) is 47.0 Å². The Morgan fingerprint density at radius 1 is 1.22 bits per heavy atom. The molecule has 2 aromatic carbocycles. The first-order valence-electron chi connectivity index (χ1n) is 7.87. The van der Waals surface area contributed by atoms with Crippen molar-refractivity contribution in [2.75, 3.05) is 7.11 Å². The molecule has 1 heterocycles. The predicted octanol–water partition coefficient (Wildman–Crippen LogP) is 3.32. The van der Waals surface area contributed by atoms with Crippen molar-refractivity contribution in [1.29, 1.82) is 0 Å². The quantitative estimate of drug-likeness (QED) is 0.369. The lowest BCUT2D eigenvalue weighted by atomic mass is 10.1. The van der Waals surface area contributed by atoms with Gasteiger partial charge in [-0.3, -0.25) is 10.1 Å². The number of benzene rings is 2. The minimum Gasteiger partial charge on any atom is -0.496 e. The average molecular weight is 369 g/mol. The van der Waals surface area contributed by atoms with Gasteiger partial charge in [0.15, 0.2) is 6.61 Å². The zero-order valence-corrected chi connectivity index (χ0v) is 14.5. The number of methoxy groups -OCH3 is 1. The lowest BCUT2D eigenvalue weighted by Crippen LogP contribution is -2.07. The van der Waals surface area contributed by atoms with Crippen molar-refractivity contribution < 1.29 is 23.7 Å². The van der Waals surface area contributed by atoms with Gasteiger partial charge < -0.3 is 14.0 Å². The zero-order valence-electron chi connectivity index (χ0n) is 14.5. The molecule has 0 saturated carbocycles. The number of non-ortho nitro benzene ring substituents is 1. The highest BCUT2D eigenvalue weighted by molar-refractivity contribution is 5.92. The first kappa shape index (κ1) is 18.1. The van der Waals surface area contributed by atoms with Gasteiger partial charge in [0.05, 0.1) is 12.0 Å². The summed E-state index contributed by atoms with van der Waals surface area (Å²) in [6, 6.07) is 10.9. The maximum absolute atomic E-state index is 12.3. The van der Waals surface area contributed by atoms with E-state index in [-0.39, 0.29) is 24.0 Å². The number of aryl methyl sites for hydroxylation is 1. The largest absolute Gasteiger partial charge is 0.496 e. The summed E-state index contributed by atoms with van der Waals surface area (Å²) in [5.41, 5.74) is 1.69. The fourth-order valence-electron chi connectivity index (χ4n) is 2.35. The van der Waals surface area contributed by atoms with E-state index < -0.39 is 10.9 Å². The van der Waals surface area contributed by atoms with Crippen LogP contribution in [0.25, 0.3) is 11.4 Å². The number of hydrogen-bond acceptors (Lipinski definition) is 8. The van der Waals surface area contributed by atoms with Crippen LogP contribution in [0.1, 0.15) is 21.8 Å². The number of nitro benzene ring substituents is 1. The SMILES string of the molecule is COc1ccc(C)cc1C(=O)OCc1nc(-c2ccc([N+](=O)[O-])cc2)no1. The minimum atomic E-state index is -0.578. The van der Waals surface area contributed by atoms with E-state index in [0.29, 0.717) is 16.9 Å². The van der Waals surface area contributed by atoms with Crippen molar-refractivity contribution in [1.82, 2.24) is 10.1 Å². The van der Waals surface area contributed by atoms with Gasteiger partial charge in [0.2, 0.25) is 5.82 Å². The highest BCUT2D eigenvalue weighted by Gasteiger charge is 2.17. The second-order valence-electron chi connectivity index (χ2n) is 5.60. The van der Waals surface area contributed by atoms with Crippen LogP contribution < -0.4 is 4.74 Å². The van der Waals surface area contributed by atoms with Gasteiger partial charge in [0, 0.05) is 17.7 Å². The Morgan fingerprint density at radius 3 is 2.63 bits per heavy atom. The molecule has 0 aliphatic carbocycles. The van der Waals surface area contributed by atoms with Gasteiger partial charge in [-0.2, -0.15) is 4.98 Å². The summed E-state index contributed by atoms with van der Waals surface area (Å²) in [7, 11) is 1.47. The van der Waals surface area contributed by atoms with Gasteiger partial charge in [-0.1, -0.05) is 16.8 Å². The number of ether oxygens (including phenoxy) is 2. The number of nitro groups is 1. The Balaban J connectivity index is 1.68. The molecule has 0 fully saturated rings. The normalized spacial score (nSPS) is 10.4. The van der Waals surface area contributed by atoms with E-state index in [1.165, 1.54) is 31.4 Å². The molecule has 9 nitrogen and oxygen atoms in total. The van der Waals surface area contributed by atoms with Crippen LogP contribution >= 0.6 is 0 Å². The highest BCUT2D eigenvalue weighted by Crippen LogP contribution is 2.22. The number of rotatable bonds is 6. The number of carbonyl (C=O) groups is 1. The molecule has 0 N–H and O–H groups in total. The van der Waals surface area contributed by atoms with Crippen LogP contribution in [-0.4, -0.2) is 28.1 Å². The van der Waals surface area contributed by atoms with Crippen LogP contribution in [0.5, 0.6) is 5.75 Å². The first-order valence-corrected chi connectivity index (χ1v) is 7.87. The summed E-state index contributed by atoms with van der Waals surface area (Å²) in [4.78, 5) is 26.6. The lowest BCUT2D eigenvalue weighted by molar-refractivity contribution is -0.384. The molecule has 3 aromatic rings. The molecule has 3 rings (SSSR count). The van der Waals surface area contributed by atoms with Crippen molar-refractivity contribution in [3.8, 4) is 17.1 Å². The van der Waals surface area contributed by atoms with Crippen molar-refractivity contribution in [3.63, 3.8) is 0 Å². The molecule has 0 saturated heterocycles. The van der Waals surface area contributed by atoms with Crippen molar-refractivity contribution in [3.05, 3.63) is 69.6 Å². The van der Waals surface area contributed by atoms with Crippen molar-refractivity contribution in [2.45, 2.75) is 13.5 Å². The monoisotopic (exact) mass is 369 g/mol. The minimum absolute atomic E-state index is 0.0384. The molecule has 0 atom stereocenters. The Morgan fingerprint density at radius 2 is 1.96 bits per heavy atom. The summed E-state index contributed by atoms with van der Waals surface area (Å²) in [5, 5.41) is 14.5. The molecular formula is C18H15N3O6. The molecule has 0 unspecified atom stereocenters. The summed E-state index contributed by atoms with van der Waals surface area (Å²) >= 11 is 0. The maximum atomic E-state index is 12.3. The van der Waals surface area contributed by atoms with Gasteiger partial charge >= 0.3 is 5.97 Å². The number of esters is 1. The molecular weight excluding hydrogens is 354 g/mol. The maximum Gasteiger partial charge on any atom is 0.342 e. The number of aromatic nitrogens is 2. The average Bonchev–Trinajstić information content (AvgIpc) is 3.15. The first-order chi connectivity index (χ1) is 13.0. The number of nitrogens with zero attached hydrogens (tertiary/aromatic N) is 3. The Labute approximate surface area is 153 Å². The molecule has 27 heavy (non-hydrogen) atoms. The molecule has 9 heteroatoms. The Hall–Kier alpha value is -3.75. The predicted molar refractivity (Wildman–Crippen MR) is 93.2 cm³/mol. The summed E-state index contributed by atoms with van der Waals surface area (Å²) in [6.45, 7) is 1.64. The van der Waals surface area contributed by atoms with Crippen LogP contribution in [-0.2, 0) is 11.3 Å². The Bertz CT molecular complexity index is 981. The number of hydrogen-bond donors (Lipinski definition) is 0. The lowest BCUT2D eigenvalue weighted by Gasteiger charge is -2.08. The van der Waals surface area contributed by atoms with E-state index in [1.54, 1.807) is 12.1 Å². The third-order valence-electron chi connectivity index (χ3n) is 3.71. The summed E-state index contributed by atoms with van der Waals surface area (Å²) in [5.74, 6) is 0.167. The molecule has 1 aromatic heterocycles. The van der Waals surface area contributed by atoms with Gasteiger partial charge in [0.25, 0.3) is 11.6 Å². The van der Waals surface area contributed by atoms with Gasteiger partial charge in [-0.25, -0.2) is 4.79 Å². The number of carbonyl (C=O) groups excluding carboxylic acids is 1. The van der Waals surface area contributed by atoms with Gasteiger partial charge in [0.1, 0.15) is 11.3 Å². The third kappa shape index (κ3) is 4.09. The fourth-order valence-corrected chi connectivity index (χ4v) is 2.35. The van der Waals surface area contributed by atoms with E-state index in [0.717, 1.165) is 5.56 Å². The van der Waals surface area contributed by atoms with Crippen molar-refractivity contribution >= 4 is 11.7 Å². The third-order valence-corrected chi connectivity index (χ3v) is 3.71. The van der Waals surface area contributed by atoms with Crippen LogP contribution in [0, 0.1) is 17.0 Å². The molecule has 0 amide bonds. The second kappa shape index (κ2) is 7.65. The van der Waals surface area contributed by atoms with E-state index >= 15 is 0 Å². The highest BCUT2D eigenvalue weighted by atomic mass is 16.6. The molecule has 0 aliphatic heterocycles. The smallest absolute Gasteiger partial charge is 0.342 e. The van der Waals surface area contributed by atoms with Crippen LogP contribution in [0.4, 0.5) is 5.69 Å².